The molecule has 0 bridgehead atoms. The Morgan fingerprint density at radius 1 is 1.44 bits per heavy atom. The van der Waals surface area contributed by atoms with Crippen LogP contribution in [0.15, 0.2) is 29.3 Å². The molecule has 0 unspecified atom stereocenters. The van der Waals surface area contributed by atoms with Crippen molar-refractivity contribution in [2.24, 2.45) is 4.99 Å². The molecule has 1 aliphatic rings. The maximum Gasteiger partial charge on any atom is 0.259 e. The van der Waals surface area contributed by atoms with Crippen molar-refractivity contribution in [1.29, 1.82) is 5.26 Å². The second-order valence-electron chi connectivity index (χ2n) is 3.92. The fourth-order valence-corrected chi connectivity index (χ4v) is 1.94. The lowest BCUT2D eigenvalue weighted by Gasteiger charge is -2.15. The van der Waals surface area contributed by atoms with Gasteiger partial charge in [-0.15, -0.1) is 0 Å². The van der Waals surface area contributed by atoms with Crippen molar-refractivity contribution in [2.75, 3.05) is 13.7 Å². The van der Waals surface area contributed by atoms with Crippen LogP contribution < -0.4 is 4.74 Å². The van der Waals surface area contributed by atoms with Crippen molar-refractivity contribution in [1.82, 2.24) is 4.90 Å². The number of likely N-dealkylation sites (tertiary alicyclic amines) is 1. The van der Waals surface area contributed by atoms with E-state index >= 15 is 0 Å². The molecule has 1 aromatic carbocycles. The maximum atomic E-state index is 12.2. The van der Waals surface area contributed by atoms with Crippen molar-refractivity contribution < 1.29 is 9.53 Å². The standard InChI is InChI=1S/C13H13N3O2/c1-18-11-6-4-10(5-7-11)13(17)16-8-2-3-12(16)15-9-14/h4-7H,2-3,8H2,1H3. The summed E-state index contributed by atoms with van der Waals surface area (Å²) in [4.78, 5) is 17.5. The number of hydrogen-bond acceptors (Lipinski definition) is 4. The fraction of sp³-hybridized carbons (Fsp3) is 0.308. The summed E-state index contributed by atoms with van der Waals surface area (Å²) in [5.41, 5.74) is 0.573. The van der Waals surface area contributed by atoms with E-state index in [0.29, 0.717) is 30.1 Å². The largest absolute Gasteiger partial charge is 0.497 e. The van der Waals surface area contributed by atoms with E-state index in [4.69, 9.17) is 10.00 Å². The number of rotatable bonds is 2. The van der Waals surface area contributed by atoms with Crippen molar-refractivity contribution >= 4 is 11.7 Å². The van der Waals surface area contributed by atoms with Gasteiger partial charge >= 0.3 is 0 Å². The van der Waals surface area contributed by atoms with Crippen LogP contribution in [0.1, 0.15) is 23.2 Å². The van der Waals surface area contributed by atoms with Gasteiger partial charge in [0.1, 0.15) is 11.6 Å². The second-order valence-corrected chi connectivity index (χ2v) is 3.92. The van der Waals surface area contributed by atoms with Crippen LogP contribution in [-0.2, 0) is 0 Å². The molecular weight excluding hydrogens is 230 g/mol. The number of benzene rings is 1. The monoisotopic (exact) mass is 243 g/mol. The van der Waals surface area contributed by atoms with E-state index in [-0.39, 0.29) is 5.91 Å². The molecule has 18 heavy (non-hydrogen) atoms. The predicted octanol–water partition coefficient (Wildman–Crippen LogP) is 1.81. The molecule has 5 heteroatoms. The molecule has 0 saturated carbocycles. The third-order valence-corrected chi connectivity index (χ3v) is 2.85. The first-order valence-electron chi connectivity index (χ1n) is 5.68. The van der Waals surface area contributed by atoms with Gasteiger partial charge in [0.2, 0.25) is 6.19 Å². The Hall–Kier alpha value is -2.35. The molecule has 1 heterocycles. The molecule has 1 saturated heterocycles. The third kappa shape index (κ3) is 2.33. The summed E-state index contributed by atoms with van der Waals surface area (Å²) in [6, 6.07) is 6.90. The smallest absolute Gasteiger partial charge is 0.259 e. The molecule has 2 rings (SSSR count). The molecule has 0 aromatic heterocycles. The van der Waals surface area contributed by atoms with Gasteiger partial charge in [-0.05, 0) is 30.7 Å². The van der Waals surface area contributed by atoms with Gasteiger partial charge in [-0.1, -0.05) is 0 Å². The van der Waals surface area contributed by atoms with Gasteiger partial charge in [-0.3, -0.25) is 9.69 Å². The van der Waals surface area contributed by atoms with Gasteiger partial charge in [0.15, 0.2) is 0 Å². The van der Waals surface area contributed by atoms with E-state index < -0.39 is 0 Å². The molecule has 1 amide bonds. The summed E-state index contributed by atoms with van der Waals surface area (Å²) in [6.07, 6.45) is 3.26. The molecule has 1 fully saturated rings. The highest BCUT2D eigenvalue weighted by Gasteiger charge is 2.25. The zero-order valence-corrected chi connectivity index (χ0v) is 10.1. The number of amides is 1. The summed E-state index contributed by atoms with van der Waals surface area (Å²) >= 11 is 0. The van der Waals surface area contributed by atoms with Crippen molar-refractivity contribution in [2.45, 2.75) is 12.8 Å². The normalized spacial score (nSPS) is 16.7. The van der Waals surface area contributed by atoms with Crippen molar-refractivity contribution in [3.63, 3.8) is 0 Å². The number of ether oxygens (including phenoxy) is 1. The Kier molecular flexibility index (Phi) is 3.58. The van der Waals surface area contributed by atoms with Crippen LogP contribution in [0.4, 0.5) is 0 Å². The molecular formula is C13H13N3O2. The number of carbonyl (C=O) groups is 1. The van der Waals surface area contributed by atoms with Gasteiger partial charge in [-0.25, -0.2) is 0 Å². The zero-order valence-electron chi connectivity index (χ0n) is 10.1. The number of nitrogens with zero attached hydrogens (tertiary/aromatic N) is 3. The van der Waals surface area contributed by atoms with E-state index in [2.05, 4.69) is 4.99 Å². The zero-order chi connectivity index (χ0) is 13.0. The second kappa shape index (κ2) is 5.32. The van der Waals surface area contributed by atoms with Crippen LogP contribution >= 0.6 is 0 Å². The molecule has 0 aliphatic carbocycles. The maximum absolute atomic E-state index is 12.2. The molecule has 0 N–H and O–H groups in total. The van der Waals surface area contributed by atoms with Gasteiger partial charge in [-0.2, -0.15) is 10.3 Å². The summed E-state index contributed by atoms with van der Waals surface area (Å²) in [7, 11) is 1.58. The SMILES string of the molecule is COc1ccc(C(=O)N2CCCC2=NC#N)cc1. The Bertz CT molecular complexity index is 514. The fourth-order valence-electron chi connectivity index (χ4n) is 1.94. The minimum atomic E-state index is -0.121. The van der Waals surface area contributed by atoms with E-state index in [0.717, 1.165) is 6.42 Å². The van der Waals surface area contributed by atoms with Gasteiger partial charge in [0, 0.05) is 18.5 Å². The molecule has 1 aliphatic heterocycles. The summed E-state index contributed by atoms with van der Waals surface area (Å²) in [6.45, 7) is 0.616. The first kappa shape index (κ1) is 12.1. The van der Waals surface area contributed by atoms with Gasteiger partial charge in [0.25, 0.3) is 5.91 Å². The summed E-state index contributed by atoms with van der Waals surface area (Å²) in [5, 5.41) is 8.57. The molecule has 5 nitrogen and oxygen atoms in total. The Morgan fingerprint density at radius 3 is 2.78 bits per heavy atom. The van der Waals surface area contributed by atoms with Crippen LogP contribution in [0.25, 0.3) is 0 Å². The highest BCUT2D eigenvalue weighted by Crippen LogP contribution is 2.18. The third-order valence-electron chi connectivity index (χ3n) is 2.85. The molecule has 0 atom stereocenters. The van der Waals surface area contributed by atoms with E-state index in [1.807, 2.05) is 0 Å². The van der Waals surface area contributed by atoms with Crippen LogP contribution in [0.2, 0.25) is 0 Å². The highest BCUT2D eigenvalue weighted by atomic mass is 16.5. The molecule has 0 spiro atoms. The minimum absolute atomic E-state index is 0.121. The number of amidine groups is 1. The lowest BCUT2D eigenvalue weighted by molar-refractivity contribution is 0.0857. The van der Waals surface area contributed by atoms with Crippen molar-refractivity contribution in [3.8, 4) is 11.9 Å². The molecule has 0 radical (unpaired) electrons. The first-order valence-corrected chi connectivity index (χ1v) is 5.68. The van der Waals surface area contributed by atoms with Crippen LogP contribution in [-0.4, -0.2) is 30.3 Å². The number of methoxy groups -OCH3 is 1. The quantitative estimate of drug-likeness (QED) is 0.744. The first-order chi connectivity index (χ1) is 8.76. The summed E-state index contributed by atoms with van der Waals surface area (Å²) < 4.78 is 5.04. The Morgan fingerprint density at radius 2 is 2.17 bits per heavy atom. The van der Waals surface area contributed by atoms with E-state index in [1.165, 1.54) is 0 Å². The molecule has 1 aromatic rings. The molecule has 92 valence electrons. The number of aliphatic imine (C=N–C) groups is 1. The van der Waals surface area contributed by atoms with E-state index in [1.54, 1.807) is 42.5 Å². The van der Waals surface area contributed by atoms with Gasteiger partial charge in [0.05, 0.1) is 7.11 Å². The van der Waals surface area contributed by atoms with Crippen LogP contribution in [0.3, 0.4) is 0 Å². The predicted molar refractivity (Wildman–Crippen MR) is 66.3 cm³/mol. The number of hydrogen-bond donors (Lipinski definition) is 0. The number of nitriles is 1. The van der Waals surface area contributed by atoms with E-state index in [9.17, 15) is 4.79 Å². The minimum Gasteiger partial charge on any atom is -0.497 e. The van der Waals surface area contributed by atoms with Crippen LogP contribution in [0.5, 0.6) is 5.75 Å². The lowest BCUT2D eigenvalue weighted by atomic mass is 10.2. The average Bonchev–Trinajstić information content (AvgIpc) is 2.87. The Balaban J connectivity index is 2.20. The summed E-state index contributed by atoms with van der Waals surface area (Å²) in [5.74, 6) is 1.14. The average molecular weight is 243 g/mol. The Labute approximate surface area is 105 Å². The highest BCUT2D eigenvalue weighted by molar-refractivity contribution is 6.07. The van der Waals surface area contributed by atoms with Crippen LogP contribution in [0, 0.1) is 11.5 Å². The van der Waals surface area contributed by atoms with Crippen molar-refractivity contribution in [3.05, 3.63) is 29.8 Å². The topological polar surface area (TPSA) is 65.7 Å². The van der Waals surface area contributed by atoms with Gasteiger partial charge < -0.3 is 4.74 Å². The number of carbonyl (C=O) groups excluding carboxylic acids is 1. The lowest BCUT2D eigenvalue weighted by Crippen LogP contribution is -2.31.